The van der Waals surface area contributed by atoms with Gasteiger partial charge in [-0.3, -0.25) is 0 Å². The molecule has 0 aromatic carbocycles. The van der Waals surface area contributed by atoms with Crippen molar-refractivity contribution < 1.29 is 9.47 Å². The molecular formula is C13H21N3O2. The molecule has 0 bridgehead atoms. The topological polar surface area (TPSA) is 46.6 Å². The Kier molecular flexibility index (Phi) is 4.78. The predicted octanol–water partition coefficient (Wildman–Crippen LogP) is 0.825. The van der Waals surface area contributed by atoms with Gasteiger partial charge in [0.2, 0.25) is 0 Å². The number of anilines is 1. The van der Waals surface area contributed by atoms with Crippen LogP contribution >= 0.6 is 0 Å². The first-order valence-electron chi connectivity index (χ1n) is 6.36. The molecule has 0 aliphatic carbocycles. The molecular weight excluding hydrogens is 230 g/mol. The smallest absolute Gasteiger partial charge is 0.171 e. The molecule has 1 aliphatic heterocycles. The van der Waals surface area contributed by atoms with Gasteiger partial charge >= 0.3 is 0 Å². The maximum Gasteiger partial charge on any atom is 0.171 e. The summed E-state index contributed by atoms with van der Waals surface area (Å²) in [4.78, 5) is 6.88. The minimum atomic E-state index is 0.556. The van der Waals surface area contributed by atoms with Crippen LogP contribution in [0.15, 0.2) is 12.1 Å². The number of nitrogens with one attached hydrogen (secondary N) is 1. The standard InChI is InChI=1S/C13H21N3O2/c1-11-3-4-12(18-10-9-17-2)13(15-11)16-7-5-14-6-8-16/h3-4,14H,5-10H2,1-2H3. The number of pyridine rings is 1. The predicted molar refractivity (Wildman–Crippen MR) is 71.4 cm³/mol. The zero-order valence-corrected chi connectivity index (χ0v) is 11.1. The molecule has 0 amide bonds. The lowest BCUT2D eigenvalue weighted by Crippen LogP contribution is -2.44. The summed E-state index contributed by atoms with van der Waals surface area (Å²) in [6.07, 6.45) is 0. The van der Waals surface area contributed by atoms with E-state index in [9.17, 15) is 0 Å². The van der Waals surface area contributed by atoms with Crippen LogP contribution in [0.4, 0.5) is 5.82 Å². The van der Waals surface area contributed by atoms with Crippen molar-refractivity contribution in [2.24, 2.45) is 0 Å². The van der Waals surface area contributed by atoms with Gasteiger partial charge in [-0.25, -0.2) is 4.98 Å². The molecule has 0 spiro atoms. The van der Waals surface area contributed by atoms with Gasteiger partial charge < -0.3 is 19.7 Å². The zero-order valence-electron chi connectivity index (χ0n) is 11.1. The minimum Gasteiger partial charge on any atom is -0.487 e. The number of rotatable bonds is 5. The Labute approximate surface area is 108 Å². The van der Waals surface area contributed by atoms with E-state index in [0.29, 0.717) is 13.2 Å². The Morgan fingerprint density at radius 2 is 2.06 bits per heavy atom. The quantitative estimate of drug-likeness (QED) is 0.785. The van der Waals surface area contributed by atoms with Gasteiger partial charge in [-0.2, -0.15) is 0 Å². The lowest BCUT2D eigenvalue weighted by molar-refractivity contribution is 0.146. The highest BCUT2D eigenvalue weighted by Crippen LogP contribution is 2.26. The van der Waals surface area contributed by atoms with Crippen LogP contribution in [0, 0.1) is 6.92 Å². The van der Waals surface area contributed by atoms with Gasteiger partial charge in [0.25, 0.3) is 0 Å². The summed E-state index contributed by atoms with van der Waals surface area (Å²) in [5, 5.41) is 3.34. The maximum atomic E-state index is 5.74. The largest absolute Gasteiger partial charge is 0.487 e. The molecule has 2 rings (SSSR count). The van der Waals surface area contributed by atoms with Gasteiger partial charge in [-0.1, -0.05) is 0 Å². The fourth-order valence-corrected chi connectivity index (χ4v) is 1.98. The van der Waals surface area contributed by atoms with E-state index in [1.54, 1.807) is 7.11 Å². The minimum absolute atomic E-state index is 0.556. The van der Waals surface area contributed by atoms with E-state index in [0.717, 1.165) is 43.4 Å². The van der Waals surface area contributed by atoms with Crippen LogP contribution in [-0.4, -0.2) is 51.5 Å². The Hall–Kier alpha value is -1.33. The average Bonchev–Trinajstić information content (AvgIpc) is 2.41. The van der Waals surface area contributed by atoms with Crippen LogP contribution in [0.5, 0.6) is 5.75 Å². The van der Waals surface area contributed by atoms with Crippen molar-refractivity contribution in [2.45, 2.75) is 6.92 Å². The number of hydrogen-bond donors (Lipinski definition) is 1. The second-order valence-corrected chi connectivity index (χ2v) is 4.35. The fourth-order valence-electron chi connectivity index (χ4n) is 1.98. The summed E-state index contributed by atoms with van der Waals surface area (Å²) in [5.41, 5.74) is 1.02. The summed E-state index contributed by atoms with van der Waals surface area (Å²) < 4.78 is 10.7. The molecule has 1 aromatic heterocycles. The lowest BCUT2D eigenvalue weighted by Gasteiger charge is -2.29. The van der Waals surface area contributed by atoms with E-state index < -0.39 is 0 Å². The Morgan fingerprint density at radius 1 is 1.28 bits per heavy atom. The summed E-state index contributed by atoms with van der Waals surface area (Å²) >= 11 is 0. The van der Waals surface area contributed by atoms with E-state index in [1.807, 2.05) is 19.1 Å². The highest BCUT2D eigenvalue weighted by Gasteiger charge is 2.16. The van der Waals surface area contributed by atoms with Crippen molar-refractivity contribution in [1.82, 2.24) is 10.3 Å². The van der Waals surface area contributed by atoms with Gasteiger partial charge in [-0.15, -0.1) is 0 Å². The van der Waals surface area contributed by atoms with Crippen LogP contribution in [0.2, 0.25) is 0 Å². The Bertz CT molecular complexity index is 378. The SMILES string of the molecule is COCCOc1ccc(C)nc1N1CCNCC1. The molecule has 1 N–H and O–H groups in total. The average molecular weight is 251 g/mol. The van der Waals surface area contributed by atoms with Crippen LogP contribution in [0.1, 0.15) is 5.69 Å². The molecule has 2 heterocycles. The van der Waals surface area contributed by atoms with Crippen LogP contribution in [0.25, 0.3) is 0 Å². The number of hydrogen-bond acceptors (Lipinski definition) is 5. The first kappa shape index (κ1) is 13.1. The number of ether oxygens (including phenoxy) is 2. The second-order valence-electron chi connectivity index (χ2n) is 4.35. The number of methoxy groups -OCH3 is 1. The lowest BCUT2D eigenvalue weighted by atomic mass is 10.3. The monoisotopic (exact) mass is 251 g/mol. The highest BCUT2D eigenvalue weighted by atomic mass is 16.5. The van der Waals surface area contributed by atoms with Gasteiger partial charge in [0.15, 0.2) is 11.6 Å². The number of aromatic nitrogens is 1. The van der Waals surface area contributed by atoms with E-state index in [4.69, 9.17) is 9.47 Å². The van der Waals surface area contributed by atoms with Crippen LogP contribution < -0.4 is 15.0 Å². The Morgan fingerprint density at radius 3 is 2.78 bits per heavy atom. The van der Waals surface area contributed by atoms with Crippen molar-refractivity contribution in [3.63, 3.8) is 0 Å². The molecule has 1 fully saturated rings. The zero-order chi connectivity index (χ0) is 12.8. The molecule has 1 saturated heterocycles. The number of aryl methyl sites for hydroxylation is 1. The van der Waals surface area contributed by atoms with E-state index in [-0.39, 0.29) is 0 Å². The molecule has 0 atom stereocenters. The number of nitrogens with zero attached hydrogens (tertiary/aromatic N) is 2. The molecule has 0 unspecified atom stereocenters. The summed E-state index contributed by atoms with van der Waals surface area (Å²) in [7, 11) is 1.67. The van der Waals surface area contributed by atoms with Crippen molar-refractivity contribution in [3.8, 4) is 5.75 Å². The van der Waals surface area contributed by atoms with Gasteiger partial charge in [0.1, 0.15) is 6.61 Å². The van der Waals surface area contributed by atoms with Gasteiger partial charge in [-0.05, 0) is 19.1 Å². The van der Waals surface area contributed by atoms with Crippen LogP contribution in [-0.2, 0) is 4.74 Å². The van der Waals surface area contributed by atoms with Crippen LogP contribution in [0.3, 0.4) is 0 Å². The van der Waals surface area contributed by atoms with E-state index in [1.165, 1.54) is 0 Å². The van der Waals surface area contributed by atoms with E-state index in [2.05, 4.69) is 15.2 Å². The molecule has 5 nitrogen and oxygen atoms in total. The first-order valence-corrected chi connectivity index (χ1v) is 6.36. The molecule has 5 heteroatoms. The van der Waals surface area contributed by atoms with E-state index >= 15 is 0 Å². The van der Waals surface area contributed by atoms with Crippen molar-refractivity contribution in [1.29, 1.82) is 0 Å². The van der Waals surface area contributed by atoms with Crippen molar-refractivity contribution in [3.05, 3.63) is 17.8 Å². The molecule has 100 valence electrons. The second kappa shape index (κ2) is 6.56. The number of piperazine rings is 1. The Balaban J connectivity index is 2.11. The van der Waals surface area contributed by atoms with Gasteiger partial charge in [0.05, 0.1) is 6.61 Å². The van der Waals surface area contributed by atoms with Crippen molar-refractivity contribution >= 4 is 5.82 Å². The molecule has 1 aliphatic rings. The molecule has 18 heavy (non-hydrogen) atoms. The molecule has 0 saturated carbocycles. The summed E-state index contributed by atoms with van der Waals surface area (Å²) in [6, 6.07) is 3.98. The maximum absolute atomic E-state index is 5.74. The van der Waals surface area contributed by atoms with Crippen molar-refractivity contribution in [2.75, 3.05) is 51.4 Å². The summed E-state index contributed by atoms with van der Waals surface area (Å²) in [6.45, 7) is 7.08. The normalized spacial score (nSPS) is 15.8. The molecule has 1 aromatic rings. The fraction of sp³-hybridized carbons (Fsp3) is 0.615. The third kappa shape index (κ3) is 3.34. The first-order chi connectivity index (χ1) is 8.81. The third-order valence-electron chi connectivity index (χ3n) is 2.94. The molecule has 0 radical (unpaired) electrons. The summed E-state index contributed by atoms with van der Waals surface area (Å²) in [5.74, 6) is 1.80. The highest BCUT2D eigenvalue weighted by molar-refractivity contribution is 5.53. The third-order valence-corrected chi connectivity index (χ3v) is 2.94. The van der Waals surface area contributed by atoms with Gasteiger partial charge in [0, 0.05) is 39.0 Å².